The molecule has 1 unspecified atom stereocenters. The van der Waals surface area contributed by atoms with Gasteiger partial charge in [-0.1, -0.05) is 26.2 Å². The van der Waals surface area contributed by atoms with Crippen molar-refractivity contribution >= 4 is 0 Å². The van der Waals surface area contributed by atoms with Gasteiger partial charge in [0.1, 0.15) is 0 Å². The molecular formula is C15H30N2. The van der Waals surface area contributed by atoms with Gasteiger partial charge in [0.05, 0.1) is 0 Å². The maximum Gasteiger partial charge on any atom is 0.0277 e. The summed E-state index contributed by atoms with van der Waals surface area (Å²) >= 11 is 0. The number of rotatable bonds is 5. The molecule has 1 aliphatic carbocycles. The summed E-state index contributed by atoms with van der Waals surface area (Å²) in [6.45, 7) is 8.34. The Morgan fingerprint density at radius 2 is 1.71 bits per heavy atom. The second kappa shape index (κ2) is 5.71. The number of hydrogen-bond donors (Lipinski definition) is 2. The molecule has 2 heteroatoms. The molecule has 2 aliphatic rings. The minimum absolute atomic E-state index is 0.353. The molecule has 0 radical (unpaired) electrons. The second-order valence-electron chi connectivity index (χ2n) is 6.61. The Balaban J connectivity index is 1.74. The third-order valence-corrected chi connectivity index (χ3v) is 5.14. The van der Waals surface area contributed by atoms with E-state index in [-0.39, 0.29) is 0 Å². The van der Waals surface area contributed by atoms with Gasteiger partial charge in [-0.3, -0.25) is 0 Å². The van der Waals surface area contributed by atoms with Crippen LogP contribution < -0.4 is 10.6 Å². The normalized spacial score (nSPS) is 32.8. The summed E-state index contributed by atoms with van der Waals surface area (Å²) in [5.41, 5.74) is 0.983. The van der Waals surface area contributed by atoms with E-state index in [1.165, 1.54) is 64.5 Å². The first-order valence-electron chi connectivity index (χ1n) is 7.64. The molecule has 0 aromatic heterocycles. The molecule has 2 fully saturated rings. The molecule has 2 nitrogen and oxygen atoms in total. The van der Waals surface area contributed by atoms with Gasteiger partial charge in [-0.25, -0.2) is 0 Å². The largest absolute Gasteiger partial charge is 0.314 e. The highest BCUT2D eigenvalue weighted by Crippen LogP contribution is 2.40. The van der Waals surface area contributed by atoms with E-state index in [9.17, 15) is 0 Å². The molecule has 100 valence electrons. The molecule has 0 aromatic carbocycles. The zero-order chi connectivity index (χ0) is 12.2. The van der Waals surface area contributed by atoms with Crippen molar-refractivity contribution < 1.29 is 0 Å². The van der Waals surface area contributed by atoms with Crippen LogP contribution in [0.5, 0.6) is 0 Å². The SMILES string of the molecule is CCC1(CNCC2(C)CCCCN2)CCCC1. The fraction of sp³-hybridized carbons (Fsp3) is 1.00. The zero-order valence-electron chi connectivity index (χ0n) is 11.8. The summed E-state index contributed by atoms with van der Waals surface area (Å²) in [4.78, 5) is 0. The molecule has 2 N–H and O–H groups in total. The molecule has 0 amide bonds. The molecule has 1 atom stereocenters. The summed E-state index contributed by atoms with van der Waals surface area (Å²) in [5, 5.41) is 7.46. The number of hydrogen-bond acceptors (Lipinski definition) is 2. The Morgan fingerprint density at radius 1 is 1.00 bits per heavy atom. The van der Waals surface area contributed by atoms with Crippen LogP contribution in [-0.4, -0.2) is 25.2 Å². The van der Waals surface area contributed by atoms with Gasteiger partial charge in [-0.15, -0.1) is 0 Å². The smallest absolute Gasteiger partial charge is 0.0277 e. The van der Waals surface area contributed by atoms with Gasteiger partial charge in [-0.05, 0) is 51.0 Å². The molecule has 0 spiro atoms. The molecule has 1 aliphatic heterocycles. The van der Waals surface area contributed by atoms with E-state index < -0.39 is 0 Å². The fourth-order valence-corrected chi connectivity index (χ4v) is 3.65. The Bertz CT molecular complexity index is 225. The minimum Gasteiger partial charge on any atom is -0.314 e. The molecule has 17 heavy (non-hydrogen) atoms. The predicted molar refractivity (Wildman–Crippen MR) is 74.3 cm³/mol. The van der Waals surface area contributed by atoms with E-state index in [2.05, 4.69) is 24.5 Å². The third kappa shape index (κ3) is 3.45. The van der Waals surface area contributed by atoms with Gasteiger partial charge < -0.3 is 10.6 Å². The van der Waals surface area contributed by atoms with Gasteiger partial charge in [0.2, 0.25) is 0 Å². The van der Waals surface area contributed by atoms with E-state index in [1.807, 2.05) is 0 Å². The first kappa shape index (κ1) is 13.4. The second-order valence-corrected chi connectivity index (χ2v) is 6.61. The van der Waals surface area contributed by atoms with Crippen LogP contribution in [0.25, 0.3) is 0 Å². The highest BCUT2D eigenvalue weighted by molar-refractivity contribution is 4.91. The van der Waals surface area contributed by atoms with Crippen molar-refractivity contribution in [2.75, 3.05) is 19.6 Å². The van der Waals surface area contributed by atoms with E-state index >= 15 is 0 Å². The molecule has 1 saturated heterocycles. The van der Waals surface area contributed by atoms with Gasteiger partial charge in [-0.2, -0.15) is 0 Å². The molecule has 1 saturated carbocycles. The van der Waals surface area contributed by atoms with Crippen molar-refractivity contribution in [1.82, 2.24) is 10.6 Å². The lowest BCUT2D eigenvalue weighted by atomic mass is 9.83. The lowest BCUT2D eigenvalue weighted by Crippen LogP contribution is -2.53. The van der Waals surface area contributed by atoms with E-state index in [0.29, 0.717) is 11.0 Å². The van der Waals surface area contributed by atoms with Crippen LogP contribution in [0.1, 0.15) is 65.2 Å². The lowest BCUT2D eigenvalue weighted by Gasteiger charge is -2.37. The average molecular weight is 238 g/mol. The molecular weight excluding hydrogens is 208 g/mol. The highest BCUT2D eigenvalue weighted by Gasteiger charge is 2.32. The Kier molecular flexibility index (Phi) is 4.48. The third-order valence-electron chi connectivity index (χ3n) is 5.14. The van der Waals surface area contributed by atoms with E-state index in [0.717, 1.165) is 6.54 Å². The monoisotopic (exact) mass is 238 g/mol. The fourth-order valence-electron chi connectivity index (χ4n) is 3.65. The Morgan fingerprint density at radius 3 is 2.29 bits per heavy atom. The van der Waals surface area contributed by atoms with Crippen LogP contribution in [-0.2, 0) is 0 Å². The zero-order valence-corrected chi connectivity index (χ0v) is 11.8. The number of piperidine rings is 1. The van der Waals surface area contributed by atoms with Crippen molar-refractivity contribution in [3.05, 3.63) is 0 Å². The maximum atomic E-state index is 3.77. The van der Waals surface area contributed by atoms with Crippen LogP contribution in [0.15, 0.2) is 0 Å². The molecule has 2 rings (SSSR count). The Hall–Kier alpha value is -0.0800. The Labute approximate surface area is 107 Å². The first-order chi connectivity index (χ1) is 8.18. The summed E-state index contributed by atoms with van der Waals surface area (Å²) in [7, 11) is 0. The first-order valence-corrected chi connectivity index (χ1v) is 7.64. The quantitative estimate of drug-likeness (QED) is 0.769. The van der Waals surface area contributed by atoms with Crippen molar-refractivity contribution in [3.63, 3.8) is 0 Å². The standard InChI is InChI=1S/C15H30N2/c1-3-15(9-4-5-10-15)13-16-12-14(2)8-6-7-11-17-14/h16-17H,3-13H2,1-2H3. The van der Waals surface area contributed by atoms with Crippen LogP contribution in [0.3, 0.4) is 0 Å². The summed E-state index contributed by atoms with van der Waals surface area (Å²) in [5.74, 6) is 0. The maximum absolute atomic E-state index is 3.77. The van der Waals surface area contributed by atoms with Crippen LogP contribution in [0, 0.1) is 5.41 Å². The van der Waals surface area contributed by atoms with E-state index in [1.54, 1.807) is 0 Å². The van der Waals surface area contributed by atoms with Gasteiger partial charge in [0.25, 0.3) is 0 Å². The van der Waals surface area contributed by atoms with Crippen LogP contribution in [0.4, 0.5) is 0 Å². The van der Waals surface area contributed by atoms with E-state index in [4.69, 9.17) is 0 Å². The molecule has 1 heterocycles. The molecule has 0 bridgehead atoms. The molecule has 0 aromatic rings. The topological polar surface area (TPSA) is 24.1 Å². The van der Waals surface area contributed by atoms with Gasteiger partial charge >= 0.3 is 0 Å². The summed E-state index contributed by atoms with van der Waals surface area (Å²) in [6, 6.07) is 0. The van der Waals surface area contributed by atoms with Crippen LogP contribution in [0.2, 0.25) is 0 Å². The summed E-state index contributed by atoms with van der Waals surface area (Å²) < 4.78 is 0. The van der Waals surface area contributed by atoms with Crippen molar-refractivity contribution in [3.8, 4) is 0 Å². The number of nitrogens with one attached hydrogen (secondary N) is 2. The predicted octanol–water partition coefficient (Wildman–Crippen LogP) is 3.08. The summed E-state index contributed by atoms with van der Waals surface area (Å²) in [6.07, 6.45) is 11.2. The van der Waals surface area contributed by atoms with Gasteiger partial charge in [0, 0.05) is 18.6 Å². The lowest BCUT2D eigenvalue weighted by molar-refractivity contribution is 0.226. The minimum atomic E-state index is 0.353. The average Bonchev–Trinajstić information content (AvgIpc) is 2.79. The van der Waals surface area contributed by atoms with Crippen molar-refractivity contribution in [2.45, 2.75) is 70.8 Å². The van der Waals surface area contributed by atoms with Crippen molar-refractivity contribution in [1.29, 1.82) is 0 Å². The van der Waals surface area contributed by atoms with Crippen LogP contribution >= 0.6 is 0 Å². The van der Waals surface area contributed by atoms with Gasteiger partial charge in [0.15, 0.2) is 0 Å². The van der Waals surface area contributed by atoms with Crippen molar-refractivity contribution in [2.24, 2.45) is 5.41 Å². The highest BCUT2D eigenvalue weighted by atomic mass is 15.0.